The highest BCUT2D eigenvalue weighted by molar-refractivity contribution is 7.22. The van der Waals surface area contributed by atoms with Crippen molar-refractivity contribution in [3.05, 3.63) is 94.3 Å². The van der Waals surface area contributed by atoms with Crippen LogP contribution in [0.3, 0.4) is 0 Å². The van der Waals surface area contributed by atoms with Crippen LogP contribution in [0.25, 0.3) is 16.0 Å². The zero-order valence-electron chi connectivity index (χ0n) is 20.0. The van der Waals surface area contributed by atoms with Gasteiger partial charge in [0.25, 0.3) is 5.78 Å². The summed E-state index contributed by atoms with van der Waals surface area (Å²) in [5, 5.41) is 11.7. The quantitative estimate of drug-likeness (QED) is 0.207. The molecule has 6 rings (SSSR count). The Hall–Kier alpha value is -4.04. The van der Waals surface area contributed by atoms with Crippen LogP contribution in [0.2, 0.25) is 0 Å². The van der Waals surface area contributed by atoms with Gasteiger partial charge in [0, 0.05) is 5.56 Å². The predicted molar refractivity (Wildman–Crippen MR) is 140 cm³/mol. The molecule has 186 valence electrons. The van der Waals surface area contributed by atoms with E-state index < -0.39 is 23.5 Å². The number of halogens is 1. The van der Waals surface area contributed by atoms with Crippen LogP contribution >= 0.6 is 11.3 Å². The number of aryl methyl sites for hydroxylation is 2. The van der Waals surface area contributed by atoms with Crippen molar-refractivity contribution in [2.45, 2.75) is 31.7 Å². The highest BCUT2D eigenvalue weighted by Gasteiger charge is 2.48. The lowest BCUT2D eigenvalue weighted by Gasteiger charge is -2.23. The van der Waals surface area contributed by atoms with Crippen molar-refractivity contribution >= 4 is 44.1 Å². The molecule has 8 heteroatoms. The van der Waals surface area contributed by atoms with Crippen LogP contribution in [-0.4, -0.2) is 28.9 Å². The van der Waals surface area contributed by atoms with Gasteiger partial charge >= 0.3 is 5.91 Å². The molecule has 1 aliphatic heterocycles. The highest BCUT2D eigenvalue weighted by atomic mass is 32.1. The summed E-state index contributed by atoms with van der Waals surface area (Å²) in [6.45, 7) is 0. The molecule has 1 amide bonds. The Labute approximate surface area is 216 Å². The molecule has 37 heavy (non-hydrogen) atoms. The minimum atomic E-state index is -0.934. The van der Waals surface area contributed by atoms with E-state index in [1.54, 1.807) is 30.3 Å². The third-order valence-corrected chi connectivity index (χ3v) is 8.04. The zero-order valence-corrected chi connectivity index (χ0v) is 20.8. The molecular weight excluding hydrogens is 491 g/mol. The standard InChI is InChI=1S/C29H23FN2O4S/c1-36-21-8-4-7-18(14-21)25-24(26(33)19-10-9-16-5-2-3-6-17(16)13-19)27(34)28(35)32(25)29-31-22-12-11-20(30)15-23(22)37-29/h4,7-15,25,33H,2-3,5-6H2,1H3/b26-24+. The molecule has 1 aromatic heterocycles. The van der Waals surface area contributed by atoms with E-state index in [9.17, 15) is 19.1 Å². The Morgan fingerprint density at radius 3 is 2.68 bits per heavy atom. The summed E-state index contributed by atoms with van der Waals surface area (Å²) in [6, 6.07) is 16.0. The number of thiazole rings is 1. The first kappa shape index (κ1) is 23.4. The van der Waals surface area contributed by atoms with Crippen molar-refractivity contribution in [1.82, 2.24) is 4.98 Å². The number of carbonyl (C=O) groups is 2. The molecule has 0 bridgehead atoms. The fraction of sp³-hybridized carbons (Fsp3) is 0.207. The SMILES string of the molecule is COc1cccc(C2/C(=C(\O)c3ccc4c(c3)CCCC4)C(=O)C(=O)N2c2nc3ccc(F)cc3s2)c1. The lowest BCUT2D eigenvalue weighted by Crippen LogP contribution is -2.29. The molecule has 1 atom stereocenters. The number of hydrogen-bond acceptors (Lipinski definition) is 6. The Bertz CT molecular complexity index is 1610. The van der Waals surface area contributed by atoms with Gasteiger partial charge in [0.05, 0.1) is 28.9 Å². The van der Waals surface area contributed by atoms with Gasteiger partial charge in [0.15, 0.2) is 5.13 Å². The molecule has 0 radical (unpaired) electrons. The van der Waals surface area contributed by atoms with Gasteiger partial charge in [-0.25, -0.2) is 9.37 Å². The average molecular weight is 515 g/mol. The van der Waals surface area contributed by atoms with Crippen LogP contribution in [-0.2, 0) is 22.4 Å². The van der Waals surface area contributed by atoms with E-state index in [0.29, 0.717) is 27.1 Å². The molecule has 2 heterocycles. The van der Waals surface area contributed by atoms with Crippen molar-refractivity contribution in [1.29, 1.82) is 0 Å². The Balaban J connectivity index is 1.55. The second-order valence-corrected chi connectivity index (χ2v) is 10.3. The molecule has 0 saturated carbocycles. The summed E-state index contributed by atoms with van der Waals surface area (Å²) >= 11 is 1.12. The number of aromatic nitrogens is 1. The number of amides is 1. The number of benzene rings is 3. The van der Waals surface area contributed by atoms with Crippen LogP contribution in [0.1, 0.15) is 41.1 Å². The number of carbonyl (C=O) groups excluding carboxylic acids is 2. The number of rotatable bonds is 4. The number of hydrogen-bond donors (Lipinski definition) is 1. The third-order valence-electron chi connectivity index (χ3n) is 7.02. The molecule has 2 aliphatic rings. The second-order valence-electron chi connectivity index (χ2n) is 9.24. The van der Waals surface area contributed by atoms with Crippen LogP contribution in [0.15, 0.2) is 66.2 Å². The molecule has 4 aromatic rings. The maximum Gasteiger partial charge on any atom is 0.301 e. The number of ether oxygens (including phenoxy) is 1. The second kappa shape index (κ2) is 9.12. The summed E-state index contributed by atoms with van der Waals surface area (Å²) in [4.78, 5) is 32.8. The molecule has 1 saturated heterocycles. The highest BCUT2D eigenvalue weighted by Crippen LogP contribution is 2.45. The maximum atomic E-state index is 13.9. The van der Waals surface area contributed by atoms with Gasteiger partial charge in [-0.3, -0.25) is 14.5 Å². The number of Topliss-reactive ketones (excluding diaryl/α,β-unsaturated/α-hetero) is 1. The Kier molecular flexibility index (Phi) is 5.76. The van der Waals surface area contributed by atoms with Crippen LogP contribution < -0.4 is 9.64 Å². The number of nitrogens with zero attached hydrogens (tertiary/aromatic N) is 2. The number of anilines is 1. The fourth-order valence-electron chi connectivity index (χ4n) is 5.18. The van der Waals surface area contributed by atoms with Gasteiger partial charge in [0.2, 0.25) is 0 Å². The number of aliphatic hydroxyl groups excluding tert-OH is 1. The van der Waals surface area contributed by atoms with Gasteiger partial charge in [-0.2, -0.15) is 0 Å². The van der Waals surface area contributed by atoms with Gasteiger partial charge in [-0.15, -0.1) is 0 Å². The van der Waals surface area contributed by atoms with Gasteiger partial charge < -0.3 is 9.84 Å². The average Bonchev–Trinajstić information content (AvgIpc) is 3.45. The summed E-state index contributed by atoms with van der Waals surface area (Å²) in [6.07, 6.45) is 4.10. The lowest BCUT2D eigenvalue weighted by atomic mass is 9.88. The van der Waals surface area contributed by atoms with Gasteiger partial charge in [-0.1, -0.05) is 35.6 Å². The zero-order chi connectivity index (χ0) is 25.7. The van der Waals surface area contributed by atoms with Crippen molar-refractivity contribution < 1.29 is 23.8 Å². The Morgan fingerprint density at radius 2 is 1.86 bits per heavy atom. The predicted octanol–water partition coefficient (Wildman–Crippen LogP) is 5.95. The molecule has 1 unspecified atom stereocenters. The summed E-state index contributed by atoms with van der Waals surface area (Å²) < 4.78 is 19.8. The molecule has 3 aromatic carbocycles. The largest absolute Gasteiger partial charge is 0.507 e. The molecule has 1 aliphatic carbocycles. The van der Waals surface area contributed by atoms with E-state index in [1.807, 2.05) is 12.1 Å². The normalized spacial score (nSPS) is 18.9. The molecule has 1 N–H and O–H groups in total. The van der Waals surface area contributed by atoms with Crippen molar-refractivity contribution in [3.8, 4) is 5.75 Å². The molecule has 0 spiro atoms. The number of aliphatic hydroxyl groups is 1. The Morgan fingerprint density at radius 1 is 1.05 bits per heavy atom. The smallest absolute Gasteiger partial charge is 0.301 e. The maximum absolute atomic E-state index is 13.9. The van der Waals surface area contributed by atoms with Crippen molar-refractivity contribution in [2.75, 3.05) is 12.0 Å². The number of fused-ring (bicyclic) bond motifs is 2. The number of methoxy groups -OCH3 is 1. The van der Waals surface area contributed by atoms with Crippen LogP contribution in [0.4, 0.5) is 9.52 Å². The van der Waals surface area contributed by atoms with E-state index in [2.05, 4.69) is 4.98 Å². The van der Waals surface area contributed by atoms with E-state index in [0.717, 1.165) is 42.6 Å². The van der Waals surface area contributed by atoms with E-state index in [1.165, 1.54) is 35.8 Å². The third kappa shape index (κ3) is 3.97. The lowest BCUT2D eigenvalue weighted by molar-refractivity contribution is -0.132. The summed E-state index contributed by atoms with van der Waals surface area (Å²) in [5.41, 5.74) is 3.98. The van der Waals surface area contributed by atoms with Crippen molar-refractivity contribution in [2.24, 2.45) is 0 Å². The minimum absolute atomic E-state index is 0.0144. The summed E-state index contributed by atoms with van der Waals surface area (Å²) in [7, 11) is 1.53. The summed E-state index contributed by atoms with van der Waals surface area (Å²) in [5.74, 6) is -1.70. The first-order chi connectivity index (χ1) is 17.9. The fourth-order valence-corrected chi connectivity index (χ4v) is 6.20. The molecule has 1 fully saturated rings. The first-order valence-corrected chi connectivity index (χ1v) is 12.9. The molecular formula is C29H23FN2O4S. The topological polar surface area (TPSA) is 79.7 Å². The van der Waals surface area contributed by atoms with Crippen LogP contribution in [0.5, 0.6) is 5.75 Å². The van der Waals surface area contributed by atoms with Crippen LogP contribution in [0, 0.1) is 5.82 Å². The molecule has 6 nitrogen and oxygen atoms in total. The number of ketones is 1. The monoisotopic (exact) mass is 514 g/mol. The van der Waals surface area contributed by atoms with E-state index in [-0.39, 0.29) is 16.5 Å². The minimum Gasteiger partial charge on any atom is -0.507 e. The van der Waals surface area contributed by atoms with E-state index >= 15 is 0 Å². The van der Waals surface area contributed by atoms with Gasteiger partial charge in [-0.05, 0) is 78.8 Å². The van der Waals surface area contributed by atoms with Crippen molar-refractivity contribution in [3.63, 3.8) is 0 Å². The van der Waals surface area contributed by atoms with E-state index in [4.69, 9.17) is 4.74 Å². The first-order valence-electron chi connectivity index (χ1n) is 12.1. The van der Waals surface area contributed by atoms with Gasteiger partial charge in [0.1, 0.15) is 17.3 Å².